The van der Waals surface area contributed by atoms with Crippen LogP contribution < -0.4 is 20.9 Å². The number of hydrogen-bond acceptors (Lipinski definition) is 15. The second kappa shape index (κ2) is 20.6. The summed E-state index contributed by atoms with van der Waals surface area (Å²) in [6.45, 7) is 11.7. The third-order valence-corrected chi connectivity index (χ3v) is 9.34. The second-order valence-electron chi connectivity index (χ2n) is 13.0. The molecular weight excluding hydrogens is 682 g/mol. The summed E-state index contributed by atoms with van der Waals surface area (Å²) in [5, 5.41) is 21.9. The first kappa shape index (κ1) is 39.6. The summed E-state index contributed by atoms with van der Waals surface area (Å²) in [4.78, 5) is 34.6. The zero-order valence-electron chi connectivity index (χ0n) is 30.8. The Morgan fingerprint density at radius 3 is 2.26 bits per heavy atom. The number of terminal acetylenes is 1. The Bertz CT molecular complexity index is 1590. The average Bonchev–Trinajstić information content (AvgIpc) is 3.69. The minimum atomic E-state index is -0.640. The fraction of sp³-hybridized carbons (Fsp3) is 0.611. The maximum Gasteiger partial charge on any atom is 0.247 e. The first-order valence-corrected chi connectivity index (χ1v) is 18.3. The van der Waals surface area contributed by atoms with Crippen LogP contribution in [0.25, 0.3) is 0 Å². The van der Waals surface area contributed by atoms with Gasteiger partial charge in [0.15, 0.2) is 0 Å². The minimum Gasteiger partial charge on any atom is -0.508 e. The number of nitrogens with zero attached hydrogens (tertiary/aromatic N) is 9. The number of aromatic nitrogens is 6. The summed E-state index contributed by atoms with van der Waals surface area (Å²) < 4.78 is 23.6. The van der Waals surface area contributed by atoms with E-state index in [1.54, 1.807) is 23.0 Å². The number of benzene rings is 1. The van der Waals surface area contributed by atoms with Crippen LogP contribution in [0.15, 0.2) is 30.5 Å². The number of nitrogens with two attached hydrogens (primary N) is 1. The van der Waals surface area contributed by atoms with Crippen LogP contribution >= 0.6 is 0 Å². The van der Waals surface area contributed by atoms with Gasteiger partial charge in [-0.3, -0.25) is 4.79 Å². The van der Waals surface area contributed by atoms with Gasteiger partial charge in [-0.2, -0.15) is 15.0 Å². The highest BCUT2D eigenvalue weighted by Crippen LogP contribution is 2.25. The van der Waals surface area contributed by atoms with Crippen LogP contribution in [0.1, 0.15) is 43.6 Å². The predicted molar refractivity (Wildman–Crippen MR) is 199 cm³/mol. The molecule has 17 heteroatoms. The highest BCUT2D eigenvalue weighted by Gasteiger charge is 2.32. The number of amides is 1. The molecule has 3 atom stereocenters. The van der Waals surface area contributed by atoms with E-state index in [-0.39, 0.29) is 30.2 Å². The van der Waals surface area contributed by atoms with Crippen molar-refractivity contribution < 1.29 is 28.8 Å². The maximum atomic E-state index is 14.2. The van der Waals surface area contributed by atoms with E-state index >= 15 is 0 Å². The van der Waals surface area contributed by atoms with Crippen LogP contribution in [-0.2, 0) is 30.2 Å². The quantitative estimate of drug-likeness (QED) is 0.111. The molecule has 17 nitrogen and oxygen atoms in total. The summed E-state index contributed by atoms with van der Waals surface area (Å²) >= 11 is 0. The van der Waals surface area contributed by atoms with Crippen molar-refractivity contribution in [2.45, 2.75) is 38.8 Å². The van der Waals surface area contributed by atoms with E-state index in [0.29, 0.717) is 122 Å². The molecule has 2 saturated heterocycles. The fourth-order valence-corrected chi connectivity index (χ4v) is 5.91. The van der Waals surface area contributed by atoms with Crippen LogP contribution in [0, 0.1) is 18.3 Å². The number of nitrogens with one attached hydrogen (secondary N) is 1. The Balaban J connectivity index is 1.21. The topological polar surface area (TPSA) is 191 Å². The molecule has 4 heterocycles. The lowest BCUT2D eigenvalue weighted by Gasteiger charge is -2.36. The predicted octanol–water partition coefficient (Wildman–Crippen LogP) is 1.28. The van der Waals surface area contributed by atoms with E-state index in [1.165, 1.54) is 0 Å². The van der Waals surface area contributed by atoms with Crippen LogP contribution in [0.4, 0.5) is 17.8 Å². The van der Waals surface area contributed by atoms with Crippen molar-refractivity contribution in [1.29, 1.82) is 0 Å². The Morgan fingerprint density at radius 1 is 0.962 bits per heavy atom. The number of carbonyl (C=O) groups excluding carboxylic acids is 1. The number of phenols is 1. The van der Waals surface area contributed by atoms with Gasteiger partial charge in [0, 0.05) is 52.2 Å². The zero-order valence-corrected chi connectivity index (χ0v) is 30.8. The number of aromatic hydroxyl groups is 1. The molecule has 0 bridgehead atoms. The van der Waals surface area contributed by atoms with Crippen LogP contribution in [-0.4, -0.2) is 145 Å². The Labute approximate surface area is 311 Å². The van der Waals surface area contributed by atoms with E-state index in [1.807, 2.05) is 17.0 Å². The zero-order chi connectivity index (χ0) is 37.4. The first-order valence-electron chi connectivity index (χ1n) is 18.3. The molecule has 2 aliphatic rings. The number of rotatable bonds is 20. The van der Waals surface area contributed by atoms with E-state index in [0.717, 1.165) is 12.0 Å². The summed E-state index contributed by atoms with van der Waals surface area (Å²) in [6, 6.07) is 5.95. The summed E-state index contributed by atoms with van der Waals surface area (Å²) in [7, 11) is 0. The SMILES string of the molecule is C#CCOCCOCCOCCNc1nc(N2CCOCC2)nc(N2CCN(C(=O)[C@H](Cc3ccc(O)cc3)n3cc([C@@H](N)C(C)CC)nn3)CC2)n1. The highest BCUT2D eigenvalue weighted by molar-refractivity contribution is 5.81. The van der Waals surface area contributed by atoms with Crippen molar-refractivity contribution in [1.82, 2.24) is 34.8 Å². The van der Waals surface area contributed by atoms with Crippen molar-refractivity contribution in [2.24, 2.45) is 11.7 Å². The Morgan fingerprint density at radius 2 is 1.60 bits per heavy atom. The third-order valence-electron chi connectivity index (χ3n) is 9.34. The molecule has 1 unspecified atom stereocenters. The van der Waals surface area contributed by atoms with Crippen molar-refractivity contribution in [3.05, 3.63) is 41.7 Å². The average molecular weight is 736 g/mol. The molecule has 3 aromatic rings. The van der Waals surface area contributed by atoms with Crippen molar-refractivity contribution in [3.63, 3.8) is 0 Å². The van der Waals surface area contributed by atoms with Crippen LogP contribution in [0.5, 0.6) is 5.75 Å². The molecule has 288 valence electrons. The lowest BCUT2D eigenvalue weighted by Crippen LogP contribution is -2.51. The monoisotopic (exact) mass is 735 g/mol. The number of hydrogen-bond donors (Lipinski definition) is 3. The van der Waals surface area contributed by atoms with Gasteiger partial charge >= 0.3 is 0 Å². The molecule has 5 rings (SSSR count). The molecule has 53 heavy (non-hydrogen) atoms. The van der Waals surface area contributed by atoms with Crippen molar-refractivity contribution in [3.8, 4) is 18.1 Å². The van der Waals surface area contributed by atoms with Gasteiger partial charge in [0.1, 0.15) is 18.4 Å². The standard InChI is InChI=1S/C36H53N11O6/c1-4-17-50-21-23-53-24-22-51-18-10-38-34-39-35(41-36(40-34)46-15-19-52-20-16-46)45-13-11-44(12-14-45)33(49)31(25-28-6-8-29(48)9-7-28)47-26-30(42-43-47)32(37)27(3)5-2/h1,6-9,26-27,31-32,48H,5,10-25,37H2,2-3H3,(H,38,39,40,41)/t27?,31-,32-/m0/s1. The lowest BCUT2D eigenvalue weighted by molar-refractivity contribution is -0.135. The summed E-state index contributed by atoms with van der Waals surface area (Å²) in [5.41, 5.74) is 8.02. The number of piperazine rings is 1. The summed E-state index contributed by atoms with van der Waals surface area (Å²) in [6.07, 6.45) is 8.24. The molecule has 0 aliphatic carbocycles. The van der Waals surface area contributed by atoms with Gasteiger partial charge < -0.3 is 49.8 Å². The van der Waals surface area contributed by atoms with Crippen LogP contribution in [0.2, 0.25) is 0 Å². The normalized spacial score (nSPS) is 16.6. The van der Waals surface area contributed by atoms with E-state index < -0.39 is 6.04 Å². The Hall–Kier alpha value is -4.60. The van der Waals surface area contributed by atoms with Crippen molar-refractivity contribution in [2.75, 3.05) is 114 Å². The molecule has 0 spiro atoms. The Kier molecular flexibility index (Phi) is 15.4. The third kappa shape index (κ3) is 11.7. The highest BCUT2D eigenvalue weighted by atomic mass is 16.5. The fourth-order valence-electron chi connectivity index (χ4n) is 5.91. The van der Waals surface area contributed by atoms with Gasteiger partial charge in [0.05, 0.1) is 64.2 Å². The molecule has 2 fully saturated rings. The smallest absolute Gasteiger partial charge is 0.247 e. The van der Waals surface area contributed by atoms with Gasteiger partial charge in [0.25, 0.3) is 0 Å². The molecular formula is C36H53N11O6. The molecule has 1 amide bonds. The van der Waals surface area contributed by atoms with E-state index in [9.17, 15) is 9.90 Å². The molecule has 0 saturated carbocycles. The molecule has 0 radical (unpaired) electrons. The number of phenolic OH excluding ortho intramolecular Hbond substituents is 1. The second-order valence-corrected chi connectivity index (χ2v) is 13.0. The van der Waals surface area contributed by atoms with Gasteiger partial charge in [-0.05, 0) is 23.6 Å². The first-order chi connectivity index (χ1) is 25.9. The van der Waals surface area contributed by atoms with E-state index in [2.05, 4.69) is 45.2 Å². The van der Waals surface area contributed by atoms with Gasteiger partial charge in [-0.25, -0.2) is 4.68 Å². The largest absolute Gasteiger partial charge is 0.508 e. The van der Waals surface area contributed by atoms with E-state index in [4.69, 9.17) is 46.1 Å². The molecule has 2 aliphatic heterocycles. The van der Waals surface area contributed by atoms with Gasteiger partial charge in [-0.1, -0.05) is 43.5 Å². The van der Waals surface area contributed by atoms with Crippen molar-refractivity contribution >= 4 is 23.8 Å². The van der Waals surface area contributed by atoms with Crippen LogP contribution in [0.3, 0.4) is 0 Å². The summed E-state index contributed by atoms with van der Waals surface area (Å²) in [5.74, 6) is 4.29. The number of anilines is 3. The maximum absolute atomic E-state index is 14.2. The molecule has 2 aromatic heterocycles. The van der Waals surface area contributed by atoms with Gasteiger partial charge in [0.2, 0.25) is 23.8 Å². The minimum absolute atomic E-state index is 0.0686. The lowest BCUT2D eigenvalue weighted by atomic mass is 9.98. The molecule has 4 N–H and O–H groups in total. The number of ether oxygens (including phenoxy) is 4. The van der Waals surface area contributed by atoms with Gasteiger partial charge in [-0.15, -0.1) is 11.5 Å². The molecule has 1 aromatic carbocycles. The number of carbonyl (C=O) groups is 1. The number of morpholine rings is 1.